The summed E-state index contributed by atoms with van der Waals surface area (Å²) in [5.41, 5.74) is 0.488. The van der Waals surface area contributed by atoms with Crippen molar-refractivity contribution in [2.24, 2.45) is 10.4 Å². The predicted octanol–water partition coefficient (Wildman–Crippen LogP) is 2.71. The van der Waals surface area contributed by atoms with E-state index < -0.39 is 0 Å². The molecule has 1 N–H and O–H groups in total. The van der Waals surface area contributed by atoms with Crippen LogP contribution in [0.3, 0.4) is 0 Å². The van der Waals surface area contributed by atoms with Gasteiger partial charge in [0.2, 0.25) is 5.56 Å². The maximum atomic E-state index is 11.7. The molecule has 5 heteroatoms. The molecule has 1 fully saturated rings. The van der Waals surface area contributed by atoms with Crippen molar-refractivity contribution < 1.29 is 0 Å². The molecule has 134 valence electrons. The number of hydrogen-bond donors (Lipinski definition) is 1. The van der Waals surface area contributed by atoms with E-state index in [2.05, 4.69) is 44.8 Å². The molecular formula is C19H32N4O. The Morgan fingerprint density at radius 1 is 1.25 bits per heavy atom. The molecule has 0 atom stereocenters. The zero-order valence-corrected chi connectivity index (χ0v) is 15.8. The fraction of sp³-hybridized carbons (Fsp3) is 0.684. The number of aryl methyl sites for hydroxylation is 1. The summed E-state index contributed by atoms with van der Waals surface area (Å²) < 4.78 is 1.76. The second-order valence-corrected chi connectivity index (χ2v) is 7.70. The van der Waals surface area contributed by atoms with Gasteiger partial charge >= 0.3 is 0 Å². The minimum atomic E-state index is 0.0684. The summed E-state index contributed by atoms with van der Waals surface area (Å²) >= 11 is 0. The number of hydrogen-bond acceptors (Lipinski definition) is 2. The van der Waals surface area contributed by atoms with Gasteiger partial charge in [0.25, 0.3) is 0 Å². The quantitative estimate of drug-likeness (QED) is 0.495. The Morgan fingerprint density at radius 2 is 2.00 bits per heavy atom. The number of guanidine groups is 1. The highest BCUT2D eigenvalue weighted by molar-refractivity contribution is 5.82. The van der Waals surface area contributed by atoms with Crippen molar-refractivity contribution in [1.29, 1.82) is 0 Å². The van der Waals surface area contributed by atoms with Crippen LogP contribution in [0.5, 0.6) is 0 Å². The Balaban J connectivity index is 1.86. The largest absolute Gasteiger partial charge is 0.356 e. The Bertz CT molecular complexity index is 630. The lowest BCUT2D eigenvalue weighted by atomic mass is 9.65. The molecule has 0 saturated carbocycles. The van der Waals surface area contributed by atoms with Crippen molar-refractivity contribution in [2.45, 2.75) is 59.5 Å². The SMILES string of the molecule is CCNC(=NCCCCn1ccccc1=O)N1CC(C)(C)C1(C)C. The molecule has 1 aromatic heterocycles. The number of aliphatic imine (C=N–C) groups is 1. The van der Waals surface area contributed by atoms with Gasteiger partial charge in [-0.25, -0.2) is 0 Å². The molecule has 1 aromatic rings. The van der Waals surface area contributed by atoms with Crippen LogP contribution in [0.15, 0.2) is 34.2 Å². The molecule has 0 spiro atoms. The van der Waals surface area contributed by atoms with Crippen LogP contribution in [0.25, 0.3) is 0 Å². The third kappa shape index (κ3) is 3.82. The Labute approximate surface area is 145 Å². The van der Waals surface area contributed by atoms with Crippen LogP contribution in [0, 0.1) is 5.41 Å². The first-order chi connectivity index (χ1) is 11.3. The summed E-state index contributed by atoms with van der Waals surface area (Å²) in [5, 5.41) is 3.42. The van der Waals surface area contributed by atoms with Gasteiger partial charge in [0.05, 0.1) is 0 Å². The Morgan fingerprint density at radius 3 is 2.58 bits per heavy atom. The number of aromatic nitrogens is 1. The van der Waals surface area contributed by atoms with Crippen LogP contribution < -0.4 is 10.9 Å². The minimum Gasteiger partial charge on any atom is -0.356 e. The zero-order valence-electron chi connectivity index (χ0n) is 15.8. The van der Waals surface area contributed by atoms with Crippen LogP contribution in [0.1, 0.15) is 47.5 Å². The van der Waals surface area contributed by atoms with Gasteiger partial charge in [-0.2, -0.15) is 0 Å². The van der Waals surface area contributed by atoms with Crippen molar-refractivity contribution in [3.8, 4) is 0 Å². The fourth-order valence-corrected chi connectivity index (χ4v) is 3.02. The first kappa shape index (κ1) is 18.6. The van der Waals surface area contributed by atoms with Gasteiger partial charge in [-0.05, 0) is 39.7 Å². The highest BCUT2D eigenvalue weighted by Crippen LogP contribution is 2.46. The van der Waals surface area contributed by atoms with Gasteiger partial charge in [-0.15, -0.1) is 0 Å². The molecule has 0 bridgehead atoms. The molecule has 24 heavy (non-hydrogen) atoms. The Kier molecular flexibility index (Phi) is 5.73. The van der Waals surface area contributed by atoms with Gasteiger partial charge in [0.15, 0.2) is 5.96 Å². The van der Waals surface area contributed by atoms with Gasteiger partial charge < -0.3 is 14.8 Å². The molecule has 1 saturated heterocycles. The molecule has 0 aliphatic carbocycles. The third-order valence-corrected chi connectivity index (χ3v) is 5.44. The maximum Gasteiger partial charge on any atom is 0.250 e. The smallest absolute Gasteiger partial charge is 0.250 e. The predicted molar refractivity (Wildman–Crippen MR) is 100 cm³/mol. The number of nitrogens with one attached hydrogen (secondary N) is 1. The maximum absolute atomic E-state index is 11.7. The number of pyridine rings is 1. The van der Waals surface area contributed by atoms with Crippen molar-refractivity contribution in [3.63, 3.8) is 0 Å². The van der Waals surface area contributed by atoms with Crippen LogP contribution >= 0.6 is 0 Å². The Hall–Kier alpha value is -1.78. The molecule has 2 rings (SSSR count). The second kappa shape index (κ2) is 7.41. The van der Waals surface area contributed by atoms with Gasteiger partial charge in [0.1, 0.15) is 0 Å². The molecule has 1 aliphatic rings. The summed E-state index contributed by atoms with van der Waals surface area (Å²) in [6.45, 7) is 14.8. The van der Waals surface area contributed by atoms with Crippen LogP contribution in [-0.4, -0.2) is 40.6 Å². The van der Waals surface area contributed by atoms with Crippen molar-refractivity contribution in [2.75, 3.05) is 19.6 Å². The lowest BCUT2D eigenvalue weighted by Crippen LogP contribution is -2.72. The third-order valence-electron chi connectivity index (χ3n) is 5.44. The second-order valence-electron chi connectivity index (χ2n) is 7.70. The van der Waals surface area contributed by atoms with Gasteiger partial charge in [-0.1, -0.05) is 19.9 Å². The summed E-state index contributed by atoms with van der Waals surface area (Å²) in [7, 11) is 0. The van der Waals surface area contributed by atoms with E-state index in [0.29, 0.717) is 5.41 Å². The summed E-state index contributed by atoms with van der Waals surface area (Å²) in [4.78, 5) is 18.8. The molecule has 0 amide bonds. The fourth-order valence-electron chi connectivity index (χ4n) is 3.02. The van der Waals surface area contributed by atoms with Crippen LogP contribution in [0.4, 0.5) is 0 Å². The minimum absolute atomic E-state index is 0.0684. The first-order valence-corrected chi connectivity index (χ1v) is 9.01. The molecule has 1 aliphatic heterocycles. The normalized spacial score (nSPS) is 19.0. The monoisotopic (exact) mass is 332 g/mol. The van der Waals surface area contributed by atoms with E-state index in [1.54, 1.807) is 16.7 Å². The molecular weight excluding hydrogens is 300 g/mol. The van der Waals surface area contributed by atoms with E-state index in [1.165, 1.54) is 0 Å². The van der Waals surface area contributed by atoms with E-state index in [9.17, 15) is 4.79 Å². The van der Waals surface area contributed by atoms with Crippen LogP contribution in [0.2, 0.25) is 0 Å². The highest BCUT2D eigenvalue weighted by atomic mass is 16.1. The van der Waals surface area contributed by atoms with E-state index in [0.717, 1.165) is 45.0 Å². The number of rotatable bonds is 6. The average Bonchev–Trinajstić information content (AvgIpc) is 2.53. The van der Waals surface area contributed by atoms with Crippen LogP contribution in [-0.2, 0) is 6.54 Å². The first-order valence-electron chi connectivity index (χ1n) is 9.01. The van der Waals surface area contributed by atoms with Crippen molar-refractivity contribution >= 4 is 5.96 Å². The van der Waals surface area contributed by atoms with Crippen molar-refractivity contribution in [1.82, 2.24) is 14.8 Å². The number of nitrogens with zero attached hydrogens (tertiary/aromatic N) is 3. The molecule has 0 aromatic carbocycles. The lowest BCUT2D eigenvalue weighted by Gasteiger charge is -2.62. The van der Waals surface area contributed by atoms with E-state index >= 15 is 0 Å². The standard InChI is InChI=1S/C19H32N4O/c1-6-20-17(23-15-18(2,3)19(23,4)5)21-12-8-10-14-22-13-9-7-11-16(22)24/h7,9,11,13H,6,8,10,12,14-15H2,1-5H3,(H,20,21). The van der Waals surface area contributed by atoms with E-state index in [-0.39, 0.29) is 11.1 Å². The molecule has 0 radical (unpaired) electrons. The summed E-state index contributed by atoms with van der Waals surface area (Å²) in [5.74, 6) is 1.01. The lowest BCUT2D eigenvalue weighted by molar-refractivity contribution is -0.0667. The van der Waals surface area contributed by atoms with Gasteiger partial charge in [-0.3, -0.25) is 9.79 Å². The molecule has 0 unspecified atom stereocenters. The molecule has 5 nitrogen and oxygen atoms in total. The summed E-state index contributed by atoms with van der Waals surface area (Å²) in [6, 6.07) is 5.29. The average molecular weight is 332 g/mol. The van der Waals surface area contributed by atoms with E-state index in [4.69, 9.17) is 4.99 Å². The van der Waals surface area contributed by atoms with Crippen molar-refractivity contribution in [3.05, 3.63) is 34.7 Å². The molecule has 2 heterocycles. The van der Waals surface area contributed by atoms with Gasteiger partial charge in [0, 0.05) is 49.4 Å². The number of unbranched alkanes of at least 4 members (excludes halogenated alkanes) is 1. The summed E-state index contributed by atoms with van der Waals surface area (Å²) in [6.07, 6.45) is 3.79. The highest BCUT2D eigenvalue weighted by Gasteiger charge is 2.53. The topological polar surface area (TPSA) is 49.6 Å². The zero-order chi connectivity index (χ0) is 17.8. The van der Waals surface area contributed by atoms with E-state index in [1.807, 2.05) is 12.3 Å². The number of likely N-dealkylation sites (tertiary alicyclic amines) is 1.